The molecule has 1 aromatic heterocycles. The highest BCUT2D eigenvalue weighted by Crippen LogP contribution is 2.57. The van der Waals surface area contributed by atoms with E-state index in [1.54, 1.807) is 12.1 Å². The second kappa shape index (κ2) is 12.0. The number of nitrogens with zero attached hydrogens (tertiary/aromatic N) is 2. The predicted molar refractivity (Wildman–Crippen MR) is 163 cm³/mol. The number of nitrogens with one attached hydrogen (secondary N) is 2. The molecule has 0 saturated heterocycles. The van der Waals surface area contributed by atoms with Gasteiger partial charge in [0.05, 0.1) is 28.6 Å². The largest absolute Gasteiger partial charge is 0.338 e. The Hall–Kier alpha value is -2.21. The molecule has 7 rings (SSSR count). The monoisotopic (exact) mass is 598 g/mol. The van der Waals surface area contributed by atoms with Gasteiger partial charge in [-0.05, 0) is 112 Å². The van der Waals surface area contributed by atoms with Gasteiger partial charge < -0.3 is 10.6 Å². The van der Waals surface area contributed by atoms with Crippen LogP contribution in [-0.2, 0) is 6.54 Å². The summed E-state index contributed by atoms with van der Waals surface area (Å²) in [6.45, 7) is 3.02. The van der Waals surface area contributed by atoms with E-state index in [0.29, 0.717) is 33.8 Å². The van der Waals surface area contributed by atoms with Crippen LogP contribution in [0.3, 0.4) is 0 Å². The Morgan fingerprint density at radius 2 is 1.57 bits per heavy atom. The Morgan fingerprint density at radius 1 is 0.900 bits per heavy atom. The normalized spacial score (nSPS) is 24.9. The Balaban J connectivity index is 1.05. The van der Waals surface area contributed by atoms with Gasteiger partial charge in [0, 0.05) is 27.7 Å². The van der Waals surface area contributed by atoms with Crippen LogP contribution in [0.4, 0.5) is 4.79 Å². The van der Waals surface area contributed by atoms with E-state index in [1.165, 1.54) is 44.9 Å². The average Bonchev–Trinajstić information content (AvgIpc) is 3.24. The summed E-state index contributed by atoms with van der Waals surface area (Å²) in [5.74, 6) is 4.96. The van der Waals surface area contributed by atoms with E-state index in [2.05, 4.69) is 10.6 Å². The Morgan fingerprint density at radius 3 is 2.25 bits per heavy atom. The van der Waals surface area contributed by atoms with Crippen LogP contribution < -0.4 is 10.6 Å². The van der Waals surface area contributed by atoms with E-state index in [4.69, 9.17) is 39.9 Å². The molecule has 5 nitrogen and oxygen atoms in total. The maximum Gasteiger partial charge on any atom is 0.315 e. The van der Waals surface area contributed by atoms with Crippen LogP contribution in [0.25, 0.3) is 16.9 Å². The summed E-state index contributed by atoms with van der Waals surface area (Å²) in [6, 6.07) is 12.8. The third-order valence-electron chi connectivity index (χ3n) is 9.56. The highest BCUT2D eigenvalue weighted by atomic mass is 35.5. The number of carbonyl (C=O) groups excluding carboxylic acids is 1. The second-order valence-corrected chi connectivity index (χ2v) is 13.4. The van der Waals surface area contributed by atoms with Crippen molar-refractivity contribution < 1.29 is 4.79 Å². The highest BCUT2D eigenvalue weighted by Gasteiger charge is 2.47. The molecule has 3 aromatic rings. The average molecular weight is 600 g/mol. The maximum atomic E-state index is 12.6. The first kappa shape index (κ1) is 27.9. The van der Waals surface area contributed by atoms with Crippen molar-refractivity contribution in [2.75, 3.05) is 6.54 Å². The third kappa shape index (κ3) is 5.89. The van der Waals surface area contributed by atoms with Crippen LogP contribution in [0.15, 0.2) is 42.5 Å². The van der Waals surface area contributed by atoms with Gasteiger partial charge in [0.1, 0.15) is 0 Å². The molecule has 0 atom stereocenters. The standard InChI is InChI=1S/C32H37Cl3N4O/c1-19-29(38-39(30-10-9-26(34)17-28(30)35)31(19)22-5-7-25(33)8-6-22)18-37-32(40)36-11-3-2-4-27-23-13-20-12-21(15-23)16-24(27)14-20/h5-10,17,20-21,23-24,27H,2-4,11-16,18H2,1H3,(H2,36,37,40). The van der Waals surface area contributed by atoms with Crippen molar-refractivity contribution in [3.63, 3.8) is 0 Å². The fourth-order valence-corrected chi connectivity index (χ4v) is 8.54. The van der Waals surface area contributed by atoms with Crippen molar-refractivity contribution in [2.45, 2.75) is 64.8 Å². The van der Waals surface area contributed by atoms with Crippen LogP contribution in [-0.4, -0.2) is 22.4 Å². The number of hydrogen-bond acceptors (Lipinski definition) is 2. The van der Waals surface area contributed by atoms with Crippen LogP contribution in [0.2, 0.25) is 15.1 Å². The highest BCUT2D eigenvalue weighted by molar-refractivity contribution is 6.35. The van der Waals surface area contributed by atoms with Crippen LogP contribution >= 0.6 is 34.8 Å². The fraction of sp³-hybridized carbons (Fsp3) is 0.500. The molecule has 2 N–H and O–H groups in total. The molecule has 4 saturated carbocycles. The summed E-state index contributed by atoms with van der Waals surface area (Å²) in [7, 11) is 0. The lowest BCUT2D eigenvalue weighted by Gasteiger charge is -2.54. The van der Waals surface area contributed by atoms with Crippen molar-refractivity contribution in [1.82, 2.24) is 20.4 Å². The van der Waals surface area contributed by atoms with E-state index in [-0.39, 0.29) is 6.03 Å². The van der Waals surface area contributed by atoms with Gasteiger partial charge in [0.2, 0.25) is 0 Å². The van der Waals surface area contributed by atoms with Crippen molar-refractivity contribution in [1.29, 1.82) is 0 Å². The second-order valence-electron chi connectivity index (χ2n) is 12.1. The molecule has 8 heteroatoms. The van der Waals surface area contributed by atoms with Crippen molar-refractivity contribution in [3.8, 4) is 16.9 Å². The zero-order valence-electron chi connectivity index (χ0n) is 22.9. The fourth-order valence-electron chi connectivity index (χ4n) is 7.93. The summed E-state index contributed by atoms with van der Waals surface area (Å²) < 4.78 is 1.82. The molecule has 2 amide bonds. The topological polar surface area (TPSA) is 59.0 Å². The number of benzene rings is 2. The molecule has 40 heavy (non-hydrogen) atoms. The maximum absolute atomic E-state index is 12.6. The number of carbonyl (C=O) groups is 1. The van der Waals surface area contributed by atoms with Gasteiger partial charge in [-0.1, -0.05) is 53.4 Å². The lowest BCUT2D eigenvalue weighted by molar-refractivity contribution is -0.0403. The predicted octanol–water partition coefficient (Wildman–Crippen LogP) is 8.85. The van der Waals surface area contributed by atoms with E-state index in [1.807, 2.05) is 41.9 Å². The quantitative estimate of drug-likeness (QED) is 0.241. The summed E-state index contributed by atoms with van der Waals surface area (Å²) in [6.07, 6.45) is 11.0. The van der Waals surface area contributed by atoms with E-state index in [0.717, 1.165) is 58.5 Å². The molecule has 4 bridgehead atoms. The molecule has 4 fully saturated rings. The number of hydrogen-bond donors (Lipinski definition) is 2. The molecule has 0 aliphatic heterocycles. The number of halogens is 3. The molecule has 4 aliphatic rings. The Bertz CT molecular complexity index is 1340. The SMILES string of the molecule is Cc1c(CNC(=O)NCCCCC2C3CC4CC(C3)CC2C4)nn(-c2ccc(Cl)cc2Cl)c1-c1ccc(Cl)cc1. The molecule has 0 spiro atoms. The van der Waals surface area contributed by atoms with Gasteiger partial charge in [-0.25, -0.2) is 9.48 Å². The number of unbranched alkanes of at least 4 members (excludes halogenated alkanes) is 1. The van der Waals surface area contributed by atoms with Crippen molar-refractivity contribution in [2.24, 2.45) is 29.6 Å². The van der Waals surface area contributed by atoms with E-state index in [9.17, 15) is 4.79 Å². The molecule has 4 aliphatic carbocycles. The molecule has 0 radical (unpaired) electrons. The lowest BCUT2D eigenvalue weighted by atomic mass is 9.51. The summed E-state index contributed by atoms with van der Waals surface area (Å²) in [5, 5.41) is 12.6. The minimum absolute atomic E-state index is 0.166. The number of aromatic nitrogens is 2. The van der Waals surface area contributed by atoms with E-state index >= 15 is 0 Å². The zero-order valence-corrected chi connectivity index (χ0v) is 25.2. The van der Waals surface area contributed by atoms with Crippen molar-refractivity contribution >= 4 is 40.8 Å². The van der Waals surface area contributed by atoms with Gasteiger partial charge in [-0.3, -0.25) is 0 Å². The minimum atomic E-state index is -0.166. The lowest BCUT2D eigenvalue weighted by Crippen LogP contribution is -2.45. The van der Waals surface area contributed by atoms with Gasteiger partial charge in [-0.15, -0.1) is 0 Å². The van der Waals surface area contributed by atoms with Crippen LogP contribution in [0.1, 0.15) is 62.6 Å². The molecule has 2 aromatic carbocycles. The molecule has 212 valence electrons. The minimum Gasteiger partial charge on any atom is -0.338 e. The van der Waals surface area contributed by atoms with Gasteiger partial charge >= 0.3 is 6.03 Å². The number of urea groups is 1. The molecular formula is C32H37Cl3N4O. The first-order valence-electron chi connectivity index (χ1n) is 14.7. The smallest absolute Gasteiger partial charge is 0.315 e. The summed E-state index contributed by atoms with van der Waals surface area (Å²) >= 11 is 18.9. The van der Waals surface area contributed by atoms with Crippen LogP contribution in [0, 0.1) is 36.5 Å². The summed E-state index contributed by atoms with van der Waals surface area (Å²) in [5.41, 5.74) is 4.30. The van der Waals surface area contributed by atoms with E-state index < -0.39 is 0 Å². The third-order valence-corrected chi connectivity index (χ3v) is 10.4. The summed E-state index contributed by atoms with van der Waals surface area (Å²) in [4.78, 5) is 12.6. The molecular weight excluding hydrogens is 563 g/mol. The Labute approximate surface area is 252 Å². The van der Waals surface area contributed by atoms with Gasteiger partial charge in [-0.2, -0.15) is 5.10 Å². The first-order valence-corrected chi connectivity index (χ1v) is 15.8. The Kier molecular flexibility index (Phi) is 8.35. The zero-order chi connectivity index (χ0) is 27.8. The van der Waals surface area contributed by atoms with Gasteiger partial charge in [0.15, 0.2) is 0 Å². The molecule has 0 unspecified atom stereocenters. The molecule has 1 heterocycles. The number of rotatable bonds is 9. The van der Waals surface area contributed by atoms with Gasteiger partial charge in [0.25, 0.3) is 0 Å². The number of amides is 2. The first-order chi connectivity index (χ1) is 19.4. The van der Waals surface area contributed by atoms with Crippen LogP contribution in [0.5, 0.6) is 0 Å². The van der Waals surface area contributed by atoms with Crippen molar-refractivity contribution in [3.05, 3.63) is 68.8 Å².